The Hall–Kier alpha value is -0.0500. The third kappa shape index (κ3) is 3.67. The Balaban J connectivity index is 2.33. The molecular formula is C10H18ClNO. The van der Waals surface area contributed by atoms with E-state index in [2.05, 4.69) is 12.2 Å². The fraction of sp³-hybridized carbons (Fsp3) is 0.800. The van der Waals surface area contributed by atoms with Crippen molar-refractivity contribution in [1.82, 2.24) is 5.32 Å². The number of nitrogens with one attached hydrogen (secondary N) is 1. The molecule has 0 bridgehead atoms. The second-order valence-corrected chi connectivity index (χ2v) is 4.24. The summed E-state index contributed by atoms with van der Waals surface area (Å²) in [4.78, 5) is 0. The molecular weight excluding hydrogens is 186 g/mol. The second kappa shape index (κ2) is 4.99. The molecule has 1 fully saturated rings. The van der Waals surface area contributed by atoms with Gasteiger partial charge in [0.15, 0.2) is 0 Å². The van der Waals surface area contributed by atoms with Gasteiger partial charge in [-0.2, -0.15) is 0 Å². The third-order valence-electron chi connectivity index (χ3n) is 2.42. The summed E-state index contributed by atoms with van der Waals surface area (Å²) in [7, 11) is 0. The molecule has 0 saturated carbocycles. The summed E-state index contributed by atoms with van der Waals surface area (Å²) in [6.45, 7) is 6.79. The lowest BCUT2D eigenvalue weighted by atomic mass is 9.95. The number of hydrogen-bond donors (Lipinski definition) is 1. The summed E-state index contributed by atoms with van der Waals surface area (Å²) >= 11 is 5.58. The SMILES string of the molecule is CC(=CCl)CNC1(C)CCCOC1. The molecule has 1 unspecified atom stereocenters. The standard InChI is InChI=1S/C10H18ClNO/c1-9(6-11)7-12-10(2)4-3-5-13-8-10/h6,12H,3-5,7-8H2,1-2H3. The molecule has 1 saturated heterocycles. The second-order valence-electron chi connectivity index (χ2n) is 4.03. The van der Waals surface area contributed by atoms with Crippen LogP contribution in [0.2, 0.25) is 0 Å². The van der Waals surface area contributed by atoms with Gasteiger partial charge in [-0.25, -0.2) is 0 Å². The highest BCUT2D eigenvalue weighted by Gasteiger charge is 2.26. The number of halogens is 1. The summed E-state index contributed by atoms with van der Waals surface area (Å²) in [5, 5.41) is 3.47. The van der Waals surface area contributed by atoms with Crippen molar-refractivity contribution in [3.05, 3.63) is 11.1 Å². The molecule has 0 aromatic rings. The maximum absolute atomic E-state index is 5.58. The van der Waals surface area contributed by atoms with Crippen LogP contribution >= 0.6 is 11.6 Å². The van der Waals surface area contributed by atoms with Crippen molar-refractivity contribution >= 4 is 11.6 Å². The minimum absolute atomic E-state index is 0.138. The van der Waals surface area contributed by atoms with Gasteiger partial charge < -0.3 is 10.1 Å². The van der Waals surface area contributed by atoms with Crippen LogP contribution in [0.25, 0.3) is 0 Å². The monoisotopic (exact) mass is 203 g/mol. The van der Waals surface area contributed by atoms with E-state index in [9.17, 15) is 0 Å². The first-order valence-corrected chi connectivity index (χ1v) is 5.18. The van der Waals surface area contributed by atoms with E-state index in [4.69, 9.17) is 16.3 Å². The maximum Gasteiger partial charge on any atom is 0.0645 e. The Morgan fingerprint density at radius 2 is 2.46 bits per heavy atom. The van der Waals surface area contributed by atoms with Crippen molar-refractivity contribution in [2.24, 2.45) is 0 Å². The van der Waals surface area contributed by atoms with Gasteiger partial charge in [0.25, 0.3) is 0 Å². The molecule has 1 N–H and O–H groups in total. The van der Waals surface area contributed by atoms with Crippen LogP contribution in [0.3, 0.4) is 0 Å². The predicted molar refractivity (Wildman–Crippen MR) is 56.1 cm³/mol. The Bertz CT molecular complexity index is 185. The zero-order chi connectivity index (χ0) is 9.73. The van der Waals surface area contributed by atoms with Gasteiger partial charge in [0.1, 0.15) is 0 Å². The Morgan fingerprint density at radius 3 is 3.00 bits per heavy atom. The van der Waals surface area contributed by atoms with Crippen molar-refractivity contribution < 1.29 is 4.74 Å². The average Bonchev–Trinajstić information content (AvgIpc) is 2.15. The smallest absolute Gasteiger partial charge is 0.0645 e. The van der Waals surface area contributed by atoms with Crippen LogP contribution < -0.4 is 5.32 Å². The molecule has 1 rings (SSSR count). The summed E-state index contributed by atoms with van der Waals surface area (Å²) in [6, 6.07) is 0. The number of rotatable bonds is 3. The first-order chi connectivity index (χ1) is 6.16. The lowest BCUT2D eigenvalue weighted by Crippen LogP contribution is -2.49. The largest absolute Gasteiger partial charge is 0.380 e. The zero-order valence-electron chi connectivity index (χ0n) is 8.40. The fourth-order valence-electron chi connectivity index (χ4n) is 1.46. The molecule has 2 nitrogen and oxygen atoms in total. The average molecular weight is 204 g/mol. The molecule has 3 heteroatoms. The summed E-state index contributed by atoms with van der Waals surface area (Å²) in [5.41, 5.74) is 2.92. The van der Waals surface area contributed by atoms with Crippen molar-refractivity contribution in [1.29, 1.82) is 0 Å². The van der Waals surface area contributed by atoms with Crippen LogP contribution in [-0.2, 0) is 4.74 Å². The van der Waals surface area contributed by atoms with E-state index in [0.29, 0.717) is 0 Å². The van der Waals surface area contributed by atoms with Crippen molar-refractivity contribution in [3.63, 3.8) is 0 Å². The third-order valence-corrected chi connectivity index (χ3v) is 2.79. The van der Waals surface area contributed by atoms with E-state index in [-0.39, 0.29) is 5.54 Å². The fourth-order valence-corrected chi connectivity index (χ4v) is 1.54. The van der Waals surface area contributed by atoms with E-state index in [0.717, 1.165) is 31.8 Å². The topological polar surface area (TPSA) is 21.3 Å². The molecule has 0 aliphatic carbocycles. The molecule has 0 amide bonds. The molecule has 1 aliphatic rings. The van der Waals surface area contributed by atoms with Gasteiger partial charge in [-0.15, -0.1) is 0 Å². The van der Waals surface area contributed by atoms with Crippen molar-refractivity contribution in [3.8, 4) is 0 Å². The van der Waals surface area contributed by atoms with Crippen LogP contribution in [0.15, 0.2) is 11.1 Å². The first-order valence-electron chi connectivity index (χ1n) is 4.75. The predicted octanol–water partition coefficient (Wildman–Crippen LogP) is 2.29. The van der Waals surface area contributed by atoms with Gasteiger partial charge in [0.2, 0.25) is 0 Å². The maximum atomic E-state index is 5.58. The number of hydrogen-bond acceptors (Lipinski definition) is 2. The quantitative estimate of drug-likeness (QED) is 0.760. The van der Waals surface area contributed by atoms with Gasteiger partial charge in [-0.1, -0.05) is 11.6 Å². The highest BCUT2D eigenvalue weighted by molar-refractivity contribution is 6.25. The van der Waals surface area contributed by atoms with Crippen molar-refractivity contribution in [2.45, 2.75) is 32.2 Å². The molecule has 0 spiro atoms. The minimum Gasteiger partial charge on any atom is -0.380 e. The van der Waals surface area contributed by atoms with E-state index in [1.165, 1.54) is 6.42 Å². The van der Waals surface area contributed by atoms with Gasteiger partial charge in [-0.05, 0) is 32.3 Å². The Morgan fingerprint density at radius 1 is 1.69 bits per heavy atom. The Labute approximate surface area is 85.3 Å². The lowest BCUT2D eigenvalue weighted by molar-refractivity contribution is 0.0299. The van der Waals surface area contributed by atoms with Crippen LogP contribution in [0.4, 0.5) is 0 Å². The highest BCUT2D eigenvalue weighted by Crippen LogP contribution is 2.18. The zero-order valence-corrected chi connectivity index (χ0v) is 9.16. The summed E-state index contributed by atoms with van der Waals surface area (Å²) in [6.07, 6.45) is 2.33. The van der Waals surface area contributed by atoms with E-state index in [1.807, 2.05) is 6.92 Å². The first kappa shape index (κ1) is 11.0. The van der Waals surface area contributed by atoms with Gasteiger partial charge >= 0.3 is 0 Å². The molecule has 0 radical (unpaired) electrons. The minimum atomic E-state index is 0.138. The molecule has 1 heterocycles. The van der Waals surface area contributed by atoms with Gasteiger partial charge in [0, 0.05) is 24.2 Å². The molecule has 1 aliphatic heterocycles. The van der Waals surface area contributed by atoms with E-state index < -0.39 is 0 Å². The number of ether oxygens (including phenoxy) is 1. The summed E-state index contributed by atoms with van der Waals surface area (Å²) in [5.74, 6) is 0. The van der Waals surface area contributed by atoms with E-state index >= 15 is 0 Å². The summed E-state index contributed by atoms with van der Waals surface area (Å²) < 4.78 is 5.44. The normalized spacial score (nSPS) is 30.5. The van der Waals surface area contributed by atoms with Gasteiger partial charge in [-0.3, -0.25) is 0 Å². The van der Waals surface area contributed by atoms with Crippen LogP contribution in [0.5, 0.6) is 0 Å². The molecule has 0 aromatic heterocycles. The molecule has 13 heavy (non-hydrogen) atoms. The van der Waals surface area contributed by atoms with Gasteiger partial charge in [0.05, 0.1) is 6.61 Å². The Kier molecular flexibility index (Phi) is 4.23. The van der Waals surface area contributed by atoms with Crippen LogP contribution in [-0.4, -0.2) is 25.3 Å². The van der Waals surface area contributed by atoms with Crippen LogP contribution in [0, 0.1) is 0 Å². The molecule has 76 valence electrons. The molecule has 1 atom stereocenters. The van der Waals surface area contributed by atoms with Crippen LogP contribution in [0.1, 0.15) is 26.7 Å². The highest BCUT2D eigenvalue weighted by atomic mass is 35.5. The van der Waals surface area contributed by atoms with Crippen molar-refractivity contribution in [2.75, 3.05) is 19.8 Å². The van der Waals surface area contributed by atoms with E-state index in [1.54, 1.807) is 5.54 Å². The molecule has 0 aromatic carbocycles. The lowest BCUT2D eigenvalue weighted by Gasteiger charge is -2.34.